The van der Waals surface area contributed by atoms with Crippen LogP contribution in [0, 0.1) is 16.7 Å². The van der Waals surface area contributed by atoms with Gasteiger partial charge in [0.25, 0.3) is 0 Å². The molecule has 0 bridgehead atoms. The summed E-state index contributed by atoms with van der Waals surface area (Å²) in [7, 11) is -1.41. The van der Waals surface area contributed by atoms with E-state index in [0.717, 1.165) is 0 Å². The predicted octanol–water partition coefficient (Wildman–Crippen LogP) is 1.93. The summed E-state index contributed by atoms with van der Waals surface area (Å²) in [6.45, 7) is 6.55. The molecular weight excluding hydrogens is 226 g/mol. The molecule has 1 N–H and O–H groups in total. The van der Waals surface area contributed by atoms with Crippen LogP contribution in [0.25, 0.3) is 0 Å². The molecular formula is C11H19NO3S. The van der Waals surface area contributed by atoms with Crippen molar-refractivity contribution in [2.24, 2.45) is 5.41 Å². The van der Waals surface area contributed by atoms with E-state index >= 15 is 0 Å². The van der Waals surface area contributed by atoms with Crippen molar-refractivity contribution >= 4 is 16.8 Å². The molecule has 0 aliphatic carbocycles. The Hall–Kier alpha value is -0.890. The van der Waals surface area contributed by atoms with Gasteiger partial charge in [-0.15, -0.1) is 0 Å². The average molecular weight is 245 g/mol. The lowest BCUT2D eigenvalue weighted by atomic mass is 9.90. The van der Waals surface area contributed by atoms with Crippen LogP contribution in [0.3, 0.4) is 0 Å². The number of aliphatic carboxylic acids is 1. The molecule has 0 saturated carbocycles. The molecule has 92 valence electrons. The van der Waals surface area contributed by atoms with Crippen LogP contribution in [0.4, 0.5) is 0 Å². The number of carboxylic acid groups (broad SMARTS) is 1. The molecule has 0 fully saturated rings. The van der Waals surface area contributed by atoms with Crippen molar-refractivity contribution in [1.82, 2.24) is 0 Å². The maximum absolute atomic E-state index is 11.7. The van der Waals surface area contributed by atoms with Gasteiger partial charge in [0, 0.05) is 16.6 Å². The SMILES string of the molecule is CC(C)(C#N)CCCS(=O)C(C)(C)C(=O)O. The number of nitrogens with zero attached hydrogens (tertiary/aromatic N) is 1. The number of carbonyl (C=O) groups is 1. The van der Waals surface area contributed by atoms with Crippen molar-refractivity contribution in [3.63, 3.8) is 0 Å². The van der Waals surface area contributed by atoms with E-state index in [4.69, 9.17) is 10.4 Å². The summed E-state index contributed by atoms with van der Waals surface area (Å²) in [4.78, 5) is 10.8. The van der Waals surface area contributed by atoms with E-state index in [1.807, 2.05) is 13.8 Å². The zero-order chi connectivity index (χ0) is 13.0. The van der Waals surface area contributed by atoms with E-state index < -0.39 is 26.9 Å². The van der Waals surface area contributed by atoms with Gasteiger partial charge >= 0.3 is 5.97 Å². The Morgan fingerprint density at radius 1 is 1.38 bits per heavy atom. The lowest BCUT2D eigenvalue weighted by Crippen LogP contribution is -2.37. The molecule has 16 heavy (non-hydrogen) atoms. The smallest absolute Gasteiger partial charge is 0.321 e. The first-order valence-corrected chi connectivity index (χ1v) is 6.48. The highest BCUT2D eigenvalue weighted by atomic mass is 32.2. The fraction of sp³-hybridized carbons (Fsp3) is 0.818. The monoisotopic (exact) mass is 245 g/mol. The molecule has 0 heterocycles. The van der Waals surface area contributed by atoms with Gasteiger partial charge in [0.2, 0.25) is 0 Å². The van der Waals surface area contributed by atoms with E-state index in [1.54, 1.807) is 0 Å². The molecule has 4 nitrogen and oxygen atoms in total. The molecule has 0 rings (SSSR count). The Bertz CT molecular complexity index is 329. The summed E-state index contributed by atoms with van der Waals surface area (Å²) in [5.74, 6) is -0.727. The lowest BCUT2D eigenvalue weighted by Gasteiger charge is -2.20. The van der Waals surface area contributed by atoms with Crippen molar-refractivity contribution in [2.45, 2.75) is 45.3 Å². The van der Waals surface area contributed by atoms with Crippen LogP contribution >= 0.6 is 0 Å². The molecule has 0 amide bonds. The molecule has 0 aromatic carbocycles. The van der Waals surface area contributed by atoms with Crippen molar-refractivity contribution < 1.29 is 14.1 Å². The van der Waals surface area contributed by atoms with Gasteiger partial charge in [-0.25, -0.2) is 0 Å². The Balaban J connectivity index is 4.21. The molecule has 0 spiro atoms. The molecule has 0 aromatic heterocycles. The Kier molecular flexibility index (Phi) is 5.14. The number of hydrogen-bond acceptors (Lipinski definition) is 3. The van der Waals surface area contributed by atoms with Gasteiger partial charge in [-0.3, -0.25) is 9.00 Å². The second-order valence-corrected chi connectivity index (χ2v) is 7.08. The third-order valence-corrected chi connectivity index (χ3v) is 4.49. The number of rotatable bonds is 6. The van der Waals surface area contributed by atoms with Crippen LogP contribution in [0.1, 0.15) is 40.5 Å². The Morgan fingerprint density at radius 3 is 2.25 bits per heavy atom. The summed E-state index contributed by atoms with van der Waals surface area (Å²) in [6, 6.07) is 2.16. The highest BCUT2D eigenvalue weighted by Gasteiger charge is 2.34. The van der Waals surface area contributed by atoms with Crippen molar-refractivity contribution in [3.05, 3.63) is 0 Å². The van der Waals surface area contributed by atoms with Crippen LogP contribution in [0.15, 0.2) is 0 Å². The minimum atomic E-state index is -1.41. The first kappa shape index (κ1) is 15.1. The number of nitriles is 1. The predicted molar refractivity (Wildman–Crippen MR) is 63.4 cm³/mol. The molecule has 1 unspecified atom stereocenters. The maximum atomic E-state index is 11.7. The Morgan fingerprint density at radius 2 is 1.88 bits per heavy atom. The van der Waals surface area contributed by atoms with Gasteiger partial charge < -0.3 is 5.11 Å². The summed E-state index contributed by atoms with van der Waals surface area (Å²) >= 11 is 0. The largest absolute Gasteiger partial charge is 0.480 e. The highest BCUT2D eigenvalue weighted by molar-refractivity contribution is 7.87. The van der Waals surface area contributed by atoms with E-state index in [0.29, 0.717) is 18.6 Å². The fourth-order valence-corrected chi connectivity index (χ4v) is 2.17. The van der Waals surface area contributed by atoms with Crippen LogP contribution in [-0.2, 0) is 15.6 Å². The highest BCUT2D eigenvalue weighted by Crippen LogP contribution is 2.22. The summed E-state index contributed by atoms with van der Waals surface area (Å²) < 4.78 is 10.5. The second-order valence-electron chi connectivity index (χ2n) is 4.96. The van der Waals surface area contributed by atoms with E-state index in [-0.39, 0.29) is 0 Å². The fourth-order valence-electron chi connectivity index (χ4n) is 1.05. The van der Waals surface area contributed by atoms with Crippen molar-refractivity contribution in [1.29, 1.82) is 5.26 Å². The van der Waals surface area contributed by atoms with Crippen molar-refractivity contribution in [2.75, 3.05) is 5.75 Å². The van der Waals surface area contributed by atoms with Gasteiger partial charge in [0.15, 0.2) is 0 Å². The zero-order valence-electron chi connectivity index (χ0n) is 10.2. The molecule has 0 aliphatic rings. The third kappa shape index (κ3) is 4.31. The molecule has 0 aliphatic heterocycles. The molecule has 0 radical (unpaired) electrons. The van der Waals surface area contributed by atoms with Crippen LogP contribution < -0.4 is 0 Å². The molecule has 0 aromatic rings. The average Bonchev–Trinajstić information content (AvgIpc) is 2.17. The molecule has 0 saturated heterocycles. The van der Waals surface area contributed by atoms with Gasteiger partial charge in [0.05, 0.1) is 11.5 Å². The normalized spacial score (nSPS) is 14.2. The summed E-state index contributed by atoms with van der Waals surface area (Å²) in [5.41, 5.74) is -0.433. The molecule has 5 heteroatoms. The standard InChI is InChI=1S/C11H19NO3S/c1-10(2,8-12)6-5-7-16(15)11(3,4)9(13)14/h5-7H2,1-4H3,(H,13,14). The van der Waals surface area contributed by atoms with Gasteiger partial charge in [-0.1, -0.05) is 0 Å². The number of carboxylic acids is 1. The van der Waals surface area contributed by atoms with Crippen LogP contribution in [0.5, 0.6) is 0 Å². The van der Waals surface area contributed by atoms with Gasteiger partial charge in [-0.05, 0) is 40.5 Å². The second kappa shape index (κ2) is 5.44. The molecule has 1 atom stereocenters. The first-order valence-electron chi connectivity index (χ1n) is 5.16. The quantitative estimate of drug-likeness (QED) is 0.775. The topological polar surface area (TPSA) is 78.2 Å². The van der Waals surface area contributed by atoms with Gasteiger partial charge in [0.1, 0.15) is 4.75 Å². The number of hydrogen-bond donors (Lipinski definition) is 1. The van der Waals surface area contributed by atoms with Crippen LogP contribution in [-0.4, -0.2) is 25.8 Å². The summed E-state index contributed by atoms with van der Waals surface area (Å²) in [5, 5.41) is 17.7. The lowest BCUT2D eigenvalue weighted by molar-refractivity contribution is -0.139. The minimum absolute atomic E-state index is 0.324. The van der Waals surface area contributed by atoms with Crippen molar-refractivity contribution in [3.8, 4) is 6.07 Å². The minimum Gasteiger partial charge on any atom is -0.480 e. The zero-order valence-corrected chi connectivity index (χ0v) is 11.1. The third-order valence-electron chi connectivity index (χ3n) is 2.52. The maximum Gasteiger partial charge on any atom is 0.321 e. The Labute approximate surface area is 99.1 Å². The van der Waals surface area contributed by atoms with E-state index in [1.165, 1.54) is 13.8 Å². The first-order chi connectivity index (χ1) is 7.13. The van der Waals surface area contributed by atoms with Gasteiger partial charge in [-0.2, -0.15) is 5.26 Å². The summed E-state index contributed by atoms with van der Waals surface area (Å²) in [6.07, 6.45) is 1.23. The van der Waals surface area contributed by atoms with Crippen LogP contribution in [0.2, 0.25) is 0 Å². The van der Waals surface area contributed by atoms with E-state index in [2.05, 4.69) is 6.07 Å². The van der Waals surface area contributed by atoms with E-state index in [9.17, 15) is 9.00 Å².